The van der Waals surface area contributed by atoms with Crippen LogP contribution in [0.2, 0.25) is 0 Å². The lowest BCUT2D eigenvalue weighted by Crippen LogP contribution is -2.13. The Kier molecular flexibility index (Phi) is 5.11. The van der Waals surface area contributed by atoms with Gasteiger partial charge in [0.2, 0.25) is 11.8 Å². The van der Waals surface area contributed by atoms with Gasteiger partial charge in [0.1, 0.15) is 0 Å². The van der Waals surface area contributed by atoms with Crippen LogP contribution in [0.4, 0.5) is 5.69 Å². The van der Waals surface area contributed by atoms with Gasteiger partial charge in [-0.1, -0.05) is 29.5 Å². The first-order valence-corrected chi connectivity index (χ1v) is 8.46. The molecule has 0 unspecified atom stereocenters. The van der Waals surface area contributed by atoms with E-state index >= 15 is 0 Å². The Balaban J connectivity index is 1.55. The standard InChI is InChI=1S/C18H14N4O2S/c1-12-2-6-14(7-3-12)17-21-22-18(24-17)25-11-16(23)20-15-8-4-13(10-19)5-9-15/h2-9H,11H2,1H3,(H,20,23). The lowest BCUT2D eigenvalue weighted by Gasteiger charge is -2.03. The fraction of sp³-hybridized carbons (Fsp3) is 0.111. The highest BCUT2D eigenvalue weighted by molar-refractivity contribution is 7.99. The smallest absolute Gasteiger partial charge is 0.277 e. The van der Waals surface area contributed by atoms with Gasteiger partial charge in [-0.3, -0.25) is 4.79 Å². The van der Waals surface area contributed by atoms with Crippen molar-refractivity contribution in [3.63, 3.8) is 0 Å². The predicted octanol–water partition coefficient (Wildman–Crippen LogP) is 3.65. The zero-order valence-electron chi connectivity index (χ0n) is 13.4. The molecule has 0 aliphatic carbocycles. The van der Waals surface area contributed by atoms with Crippen molar-refractivity contribution in [2.24, 2.45) is 0 Å². The topological polar surface area (TPSA) is 91.8 Å². The molecule has 6 nitrogen and oxygen atoms in total. The number of rotatable bonds is 5. The number of nitriles is 1. The van der Waals surface area contributed by atoms with Crippen LogP contribution < -0.4 is 5.32 Å². The van der Waals surface area contributed by atoms with Crippen molar-refractivity contribution in [1.82, 2.24) is 10.2 Å². The Bertz CT molecular complexity index is 911. The Labute approximate surface area is 148 Å². The van der Waals surface area contributed by atoms with Gasteiger partial charge >= 0.3 is 0 Å². The number of aryl methyl sites for hydroxylation is 1. The number of benzene rings is 2. The van der Waals surface area contributed by atoms with Crippen molar-refractivity contribution in [1.29, 1.82) is 5.26 Å². The molecule has 25 heavy (non-hydrogen) atoms. The average molecular weight is 350 g/mol. The summed E-state index contributed by atoms with van der Waals surface area (Å²) < 4.78 is 5.57. The SMILES string of the molecule is Cc1ccc(-c2nnc(SCC(=O)Nc3ccc(C#N)cc3)o2)cc1. The van der Waals surface area contributed by atoms with Crippen LogP contribution in [0.25, 0.3) is 11.5 Å². The van der Waals surface area contributed by atoms with Gasteiger partial charge in [0, 0.05) is 11.3 Å². The molecule has 0 aliphatic rings. The van der Waals surface area contributed by atoms with Crippen molar-refractivity contribution in [3.8, 4) is 17.5 Å². The van der Waals surface area contributed by atoms with E-state index in [2.05, 4.69) is 15.5 Å². The molecule has 0 radical (unpaired) electrons. The molecule has 1 N–H and O–H groups in total. The second kappa shape index (κ2) is 7.64. The van der Waals surface area contributed by atoms with Crippen LogP contribution in [0, 0.1) is 18.3 Å². The molecule has 0 saturated carbocycles. The first-order valence-electron chi connectivity index (χ1n) is 7.47. The second-order valence-electron chi connectivity index (χ2n) is 5.27. The molecule has 0 fully saturated rings. The number of hydrogen-bond donors (Lipinski definition) is 1. The minimum absolute atomic E-state index is 0.148. The van der Waals surface area contributed by atoms with Crippen LogP contribution in [-0.2, 0) is 4.79 Å². The molecule has 0 saturated heterocycles. The third-order valence-corrected chi connectivity index (χ3v) is 4.15. The van der Waals surface area contributed by atoms with E-state index in [1.807, 2.05) is 37.3 Å². The number of carbonyl (C=O) groups excluding carboxylic acids is 1. The summed E-state index contributed by atoms with van der Waals surface area (Å²) in [6.45, 7) is 2.01. The first kappa shape index (κ1) is 16.7. The molecule has 7 heteroatoms. The number of carbonyl (C=O) groups is 1. The number of nitrogens with one attached hydrogen (secondary N) is 1. The van der Waals surface area contributed by atoms with E-state index in [4.69, 9.17) is 9.68 Å². The highest BCUT2D eigenvalue weighted by Crippen LogP contribution is 2.23. The van der Waals surface area contributed by atoms with Crippen molar-refractivity contribution >= 4 is 23.4 Å². The number of anilines is 1. The molecule has 0 spiro atoms. The molecule has 124 valence electrons. The highest BCUT2D eigenvalue weighted by Gasteiger charge is 2.11. The molecule has 1 amide bonds. The molecule has 3 rings (SSSR count). The van der Waals surface area contributed by atoms with Gasteiger partial charge < -0.3 is 9.73 Å². The molecule has 2 aromatic carbocycles. The normalized spacial score (nSPS) is 10.2. The molecule has 0 aliphatic heterocycles. The summed E-state index contributed by atoms with van der Waals surface area (Å²) in [5, 5.41) is 19.8. The molecule has 1 heterocycles. The molecule has 0 atom stereocenters. The third kappa shape index (κ3) is 4.46. The van der Waals surface area contributed by atoms with Gasteiger partial charge in [0.25, 0.3) is 5.22 Å². The van der Waals surface area contributed by atoms with E-state index < -0.39 is 0 Å². The van der Waals surface area contributed by atoms with Gasteiger partial charge in [-0.2, -0.15) is 5.26 Å². The van der Waals surface area contributed by atoms with Crippen molar-refractivity contribution < 1.29 is 9.21 Å². The van der Waals surface area contributed by atoms with Crippen LogP contribution >= 0.6 is 11.8 Å². The van der Waals surface area contributed by atoms with Crippen molar-refractivity contribution in [3.05, 3.63) is 59.7 Å². The fourth-order valence-corrected chi connectivity index (χ4v) is 2.60. The van der Waals surface area contributed by atoms with Crippen LogP contribution in [0.1, 0.15) is 11.1 Å². The Morgan fingerprint density at radius 1 is 1.16 bits per heavy atom. The number of aromatic nitrogens is 2. The van der Waals surface area contributed by atoms with Crippen LogP contribution in [-0.4, -0.2) is 21.9 Å². The van der Waals surface area contributed by atoms with Crippen molar-refractivity contribution in [2.45, 2.75) is 12.1 Å². The number of thioether (sulfide) groups is 1. The maximum atomic E-state index is 12.0. The van der Waals surface area contributed by atoms with E-state index in [1.54, 1.807) is 24.3 Å². The largest absolute Gasteiger partial charge is 0.411 e. The van der Waals surface area contributed by atoms with Crippen molar-refractivity contribution in [2.75, 3.05) is 11.1 Å². The van der Waals surface area contributed by atoms with Gasteiger partial charge in [0.05, 0.1) is 17.4 Å². The van der Waals surface area contributed by atoms with Crippen LogP contribution in [0.5, 0.6) is 0 Å². The summed E-state index contributed by atoms with van der Waals surface area (Å²) in [6, 6.07) is 16.5. The molecular formula is C18H14N4O2S. The zero-order valence-corrected chi connectivity index (χ0v) is 14.2. The average Bonchev–Trinajstić information content (AvgIpc) is 3.10. The lowest BCUT2D eigenvalue weighted by atomic mass is 10.1. The zero-order chi connectivity index (χ0) is 17.6. The quantitative estimate of drug-likeness (QED) is 0.706. The Hall–Kier alpha value is -3.11. The minimum atomic E-state index is -0.190. The lowest BCUT2D eigenvalue weighted by molar-refractivity contribution is -0.113. The Morgan fingerprint density at radius 3 is 2.56 bits per heavy atom. The fourth-order valence-electron chi connectivity index (χ4n) is 2.03. The number of amides is 1. The maximum Gasteiger partial charge on any atom is 0.277 e. The number of hydrogen-bond acceptors (Lipinski definition) is 6. The summed E-state index contributed by atoms with van der Waals surface area (Å²) in [4.78, 5) is 12.0. The minimum Gasteiger partial charge on any atom is -0.411 e. The monoisotopic (exact) mass is 350 g/mol. The number of nitrogens with zero attached hydrogens (tertiary/aromatic N) is 3. The van der Waals surface area contributed by atoms with E-state index in [0.29, 0.717) is 22.4 Å². The van der Waals surface area contributed by atoms with Crippen LogP contribution in [0.15, 0.2) is 58.2 Å². The van der Waals surface area contributed by atoms with E-state index in [9.17, 15) is 4.79 Å². The Morgan fingerprint density at radius 2 is 1.88 bits per heavy atom. The predicted molar refractivity (Wildman–Crippen MR) is 95.0 cm³/mol. The molecule has 0 bridgehead atoms. The summed E-state index contributed by atoms with van der Waals surface area (Å²) in [5.41, 5.74) is 3.17. The first-order chi connectivity index (χ1) is 12.1. The van der Waals surface area contributed by atoms with E-state index in [1.165, 1.54) is 11.8 Å². The van der Waals surface area contributed by atoms with Gasteiger partial charge in [-0.15, -0.1) is 10.2 Å². The maximum absolute atomic E-state index is 12.0. The molecular weight excluding hydrogens is 336 g/mol. The van der Waals surface area contributed by atoms with Gasteiger partial charge in [-0.05, 0) is 43.3 Å². The summed E-state index contributed by atoms with van der Waals surface area (Å²) in [7, 11) is 0. The van der Waals surface area contributed by atoms with Crippen LogP contribution in [0.3, 0.4) is 0 Å². The molecule has 3 aromatic rings. The van der Waals surface area contributed by atoms with E-state index in [-0.39, 0.29) is 11.7 Å². The van der Waals surface area contributed by atoms with Gasteiger partial charge in [0.15, 0.2) is 0 Å². The van der Waals surface area contributed by atoms with Gasteiger partial charge in [-0.25, -0.2) is 0 Å². The molecule has 1 aromatic heterocycles. The summed E-state index contributed by atoms with van der Waals surface area (Å²) in [6.07, 6.45) is 0. The highest BCUT2D eigenvalue weighted by atomic mass is 32.2. The summed E-state index contributed by atoms with van der Waals surface area (Å²) in [5.74, 6) is 0.384. The second-order valence-corrected chi connectivity index (χ2v) is 6.19. The third-order valence-electron chi connectivity index (χ3n) is 3.33. The van der Waals surface area contributed by atoms with E-state index in [0.717, 1.165) is 11.1 Å². The summed E-state index contributed by atoms with van der Waals surface area (Å²) >= 11 is 1.17.